The Balaban J connectivity index is 0.000000985. The number of nitrogens with two attached hydrogens (primary N) is 1. The first-order chi connectivity index (χ1) is 22.1. The van der Waals surface area contributed by atoms with Crippen molar-refractivity contribution in [3.63, 3.8) is 0 Å². The molecule has 2 aromatic heterocycles. The van der Waals surface area contributed by atoms with Crippen LogP contribution in [0.15, 0.2) is 48.8 Å². The summed E-state index contributed by atoms with van der Waals surface area (Å²) in [5, 5.41) is 18.2. The summed E-state index contributed by atoms with van der Waals surface area (Å²) in [6.45, 7) is 5.54. The van der Waals surface area contributed by atoms with Gasteiger partial charge < -0.3 is 31.1 Å². The topological polar surface area (TPSA) is 164 Å². The number of fused-ring (bicyclic) bond motifs is 1. The Bertz CT molecular complexity index is 1680. The van der Waals surface area contributed by atoms with Crippen LogP contribution < -0.4 is 21.1 Å². The van der Waals surface area contributed by atoms with Crippen molar-refractivity contribution < 1.29 is 23.8 Å². The van der Waals surface area contributed by atoms with Crippen LogP contribution in [0.2, 0.25) is 0 Å². The molecule has 0 radical (unpaired) electrons. The van der Waals surface area contributed by atoms with Crippen molar-refractivity contribution in [2.24, 2.45) is 0 Å². The Morgan fingerprint density at radius 1 is 1.00 bits per heavy atom. The normalized spacial score (nSPS) is 18.8. The molecule has 3 heterocycles. The van der Waals surface area contributed by atoms with E-state index in [1.54, 1.807) is 37.4 Å². The number of hydrogen-bond acceptors (Lipinski definition) is 9. The highest BCUT2D eigenvalue weighted by Crippen LogP contribution is 2.37. The first-order valence-electron chi connectivity index (χ1n) is 15.3. The molecule has 2 aliphatic rings. The number of halogens is 1. The predicted molar refractivity (Wildman–Crippen MR) is 174 cm³/mol. The van der Waals surface area contributed by atoms with Crippen molar-refractivity contribution in [3.05, 3.63) is 54.6 Å². The van der Waals surface area contributed by atoms with E-state index in [0.29, 0.717) is 45.6 Å². The van der Waals surface area contributed by atoms with Gasteiger partial charge in [0.15, 0.2) is 5.65 Å². The number of ether oxygens (including phenoxy) is 1. The monoisotopic (exact) mass is 633 g/mol. The molecular weight excluding hydrogens is 593 g/mol. The molecule has 0 bridgehead atoms. The number of aliphatic carboxylic acids is 1. The number of urea groups is 1. The van der Waals surface area contributed by atoms with Crippen LogP contribution in [-0.4, -0.2) is 93.0 Å². The summed E-state index contributed by atoms with van der Waals surface area (Å²) < 4.78 is 22.4. The van der Waals surface area contributed by atoms with Crippen LogP contribution in [0.4, 0.5) is 26.4 Å². The number of nitrogen functional groups attached to an aromatic ring is 1. The number of nitrogens with zero attached hydrogens (tertiary/aromatic N) is 6. The second-order valence-electron chi connectivity index (χ2n) is 11.6. The first-order valence-corrected chi connectivity index (χ1v) is 15.3. The largest absolute Gasteiger partial charge is 0.497 e. The van der Waals surface area contributed by atoms with Gasteiger partial charge in [-0.2, -0.15) is 5.10 Å². The van der Waals surface area contributed by atoms with Gasteiger partial charge in [0.25, 0.3) is 5.97 Å². The van der Waals surface area contributed by atoms with Crippen molar-refractivity contribution in [1.29, 1.82) is 0 Å². The zero-order valence-corrected chi connectivity index (χ0v) is 26.2. The number of rotatable bonds is 6. The standard InChI is InChI=1S/C30H36FN9O2.C2H4O2/c1-38-12-14-39(15-13-38)21-7-9-22(10-8-21)40-29-26(28(32)33-18-34-29)27(37-40)19-6-11-25(24(31)16-19)36-30(41)35-20-4-3-5-23(17-20)42-2;1-2(3)4/h3-6,11,16-18,21-22H,7-10,12-15H2,1-2H3,(H2,32,33,34)(H2,35,36,41);1H3,(H,3,4)/t21-,22-;. The van der Waals surface area contributed by atoms with Gasteiger partial charge in [-0.25, -0.2) is 23.8 Å². The third kappa shape index (κ3) is 7.69. The number of carboxylic acid groups (broad SMARTS) is 1. The molecule has 0 unspecified atom stereocenters. The van der Waals surface area contributed by atoms with Crippen LogP contribution in [-0.2, 0) is 4.79 Å². The number of hydrogen-bond donors (Lipinski definition) is 4. The van der Waals surface area contributed by atoms with Crippen LogP contribution in [0.1, 0.15) is 38.6 Å². The van der Waals surface area contributed by atoms with Gasteiger partial charge in [-0.15, -0.1) is 0 Å². The molecule has 0 spiro atoms. The summed E-state index contributed by atoms with van der Waals surface area (Å²) in [6, 6.07) is 11.7. The highest BCUT2D eigenvalue weighted by atomic mass is 19.1. The molecule has 46 heavy (non-hydrogen) atoms. The average molecular weight is 634 g/mol. The second-order valence-corrected chi connectivity index (χ2v) is 11.6. The molecule has 13 nitrogen and oxygen atoms in total. The van der Waals surface area contributed by atoms with E-state index < -0.39 is 17.8 Å². The van der Waals surface area contributed by atoms with Gasteiger partial charge in [-0.1, -0.05) is 12.1 Å². The summed E-state index contributed by atoms with van der Waals surface area (Å²) in [4.78, 5) is 35.3. The van der Waals surface area contributed by atoms with Crippen molar-refractivity contribution in [2.75, 3.05) is 56.7 Å². The van der Waals surface area contributed by atoms with Crippen LogP contribution in [0.25, 0.3) is 22.3 Å². The minimum atomic E-state index is -0.833. The molecule has 6 rings (SSSR count). The first kappa shape index (κ1) is 32.6. The van der Waals surface area contributed by atoms with Gasteiger partial charge in [0.1, 0.15) is 29.4 Å². The van der Waals surface area contributed by atoms with Gasteiger partial charge in [-0.3, -0.25) is 9.69 Å². The lowest BCUT2D eigenvalue weighted by Gasteiger charge is -2.41. The summed E-state index contributed by atoms with van der Waals surface area (Å²) in [5.41, 5.74) is 8.58. The van der Waals surface area contributed by atoms with Crippen LogP contribution in [0.3, 0.4) is 0 Å². The number of amides is 2. The maximum absolute atomic E-state index is 15.3. The summed E-state index contributed by atoms with van der Waals surface area (Å²) in [7, 11) is 3.72. The number of carbonyl (C=O) groups excluding carboxylic acids is 1. The van der Waals surface area contributed by atoms with Crippen LogP contribution >= 0.6 is 0 Å². The Hall–Kier alpha value is -4.82. The summed E-state index contributed by atoms with van der Waals surface area (Å²) in [5.74, 6) is -0.534. The number of likely N-dealkylation sites (N-methyl/N-ethyl adjacent to an activating group) is 1. The number of nitrogens with one attached hydrogen (secondary N) is 2. The van der Waals surface area contributed by atoms with E-state index in [1.807, 2.05) is 4.68 Å². The fourth-order valence-corrected chi connectivity index (χ4v) is 6.06. The fourth-order valence-electron chi connectivity index (χ4n) is 6.06. The Morgan fingerprint density at radius 3 is 2.37 bits per heavy atom. The molecule has 1 saturated carbocycles. The molecular formula is C32H40FN9O4. The summed E-state index contributed by atoms with van der Waals surface area (Å²) >= 11 is 0. The van der Waals surface area contributed by atoms with E-state index >= 15 is 4.39 Å². The molecule has 2 fully saturated rings. The summed E-state index contributed by atoms with van der Waals surface area (Å²) in [6.07, 6.45) is 5.61. The minimum Gasteiger partial charge on any atom is -0.497 e. The SMILES string of the molecule is CC(=O)O.COc1cccc(NC(=O)Nc2ccc(-c3nn([C@H]4CC[C@H](N5CCN(C)CC5)CC4)c4ncnc(N)c34)cc2F)c1. The van der Waals surface area contributed by atoms with E-state index in [-0.39, 0.29) is 11.7 Å². The maximum atomic E-state index is 15.3. The number of methoxy groups -OCH3 is 1. The number of carbonyl (C=O) groups is 2. The third-order valence-electron chi connectivity index (χ3n) is 8.40. The zero-order valence-electron chi connectivity index (χ0n) is 26.2. The van der Waals surface area contributed by atoms with E-state index in [1.165, 1.54) is 18.5 Å². The zero-order chi connectivity index (χ0) is 32.8. The molecule has 14 heteroatoms. The number of aromatic nitrogens is 4. The maximum Gasteiger partial charge on any atom is 0.323 e. The molecule has 4 aromatic rings. The molecule has 5 N–H and O–H groups in total. The lowest BCUT2D eigenvalue weighted by Crippen LogP contribution is -2.49. The van der Waals surface area contributed by atoms with Crippen molar-refractivity contribution in [3.8, 4) is 17.0 Å². The lowest BCUT2D eigenvalue weighted by molar-refractivity contribution is -0.134. The molecule has 1 aliphatic heterocycles. The number of piperazine rings is 1. The van der Waals surface area contributed by atoms with Crippen molar-refractivity contribution >= 4 is 40.2 Å². The smallest absolute Gasteiger partial charge is 0.323 e. The number of anilines is 3. The third-order valence-corrected chi connectivity index (χ3v) is 8.40. The molecule has 1 saturated heterocycles. The molecule has 244 valence electrons. The van der Waals surface area contributed by atoms with Crippen LogP contribution in [0.5, 0.6) is 5.75 Å². The predicted octanol–water partition coefficient (Wildman–Crippen LogP) is 4.69. The van der Waals surface area contributed by atoms with Crippen LogP contribution in [0, 0.1) is 5.82 Å². The Morgan fingerprint density at radius 2 is 1.70 bits per heavy atom. The quantitative estimate of drug-likeness (QED) is 0.234. The second kappa shape index (κ2) is 14.5. The Kier molecular flexibility index (Phi) is 10.3. The Labute approximate surface area is 266 Å². The highest BCUT2D eigenvalue weighted by Gasteiger charge is 2.30. The lowest BCUT2D eigenvalue weighted by atomic mass is 9.90. The van der Waals surface area contributed by atoms with E-state index in [2.05, 4.69) is 37.4 Å². The minimum absolute atomic E-state index is 0.0364. The average Bonchev–Trinajstić information content (AvgIpc) is 3.43. The van der Waals surface area contributed by atoms with E-state index in [9.17, 15) is 4.79 Å². The molecule has 0 atom stereocenters. The van der Waals surface area contributed by atoms with Gasteiger partial charge in [0.2, 0.25) is 0 Å². The van der Waals surface area contributed by atoms with Gasteiger partial charge in [0.05, 0.1) is 24.2 Å². The van der Waals surface area contributed by atoms with Crippen molar-refractivity contribution in [2.45, 2.75) is 44.7 Å². The fraction of sp³-hybridized carbons (Fsp3) is 0.406. The highest BCUT2D eigenvalue weighted by molar-refractivity contribution is 6.01. The van der Waals surface area contributed by atoms with E-state index in [4.69, 9.17) is 25.5 Å². The van der Waals surface area contributed by atoms with Gasteiger partial charge in [0, 0.05) is 56.5 Å². The van der Waals surface area contributed by atoms with Crippen molar-refractivity contribution in [1.82, 2.24) is 29.5 Å². The molecule has 1 aliphatic carbocycles. The van der Waals surface area contributed by atoms with E-state index in [0.717, 1.165) is 58.8 Å². The van der Waals surface area contributed by atoms with Gasteiger partial charge in [-0.05, 0) is 57.0 Å². The molecule has 2 aromatic carbocycles. The van der Waals surface area contributed by atoms with Gasteiger partial charge >= 0.3 is 6.03 Å². The number of carboxylic acids is 1. The number of benzene rings is 2. The molecule has 2 amide bonds.